The molecule has 3 rings (SSSR count). The summed E-state index contributed by atoms with van der Waals surface area (Å²) in [5.74, 6) is -0.654. The number of halogens is 2. The van der Waals surface area contributed by atoms with Gasteiger partial charge in [-0.2, -0.15) is 10.2 Å². The smallest absolute Gasteiger partial charge is 0.307 e. The Hall–Kier alpha value is -3.27. The molecule has 152 valence electrons. The van der Waals surface area contributed by atoms with Crippen molar-refractivity contribution in [2.75, 3.05) is 5.32 Å². The molecule has 11 heteroatoms. The second kappa shape index (κ2) is 7.63. The van der Waals surface area contributed by atoms with E-state index in [1.54, 1.807) is 32.9 Å². The molecule has 0 fully saturated rings. The van der Waals surface area contributed by atoms with Crippen molar-refractivity contribution in [3.05, 3.63) is 68.9 Å². The van der Waals surface area contributed by atoms with Gasteiger partial charge in [0, 0.05) is 22.3 Å². The lowest BCUT2D eigenvalue weighted by Gasteiger charge is -2.23. The summed E-state index contributed by atoms with van der Waals surface area (Å²) in [6, 6.07) is 6.06. The highest BCUT2D eigenvalue weighted by Crippen LogP contribution is 2.23. The molecule has 2 heterocycles. The predicted octanol–water partition coefficient (Wildman–Crippen LogP) is 3.51. The van der Waals surface area contributed by atoms with Crippen LogP contribution in [0, 0.1) is 22.9 Å². The fraction of sp³-hybridized carbons (Fsp3) is 0.278. The highest BCUT2D eigenvalue weighted by atomic mass is 35.5. The molecular weight excluding hydrogens is 403 g/mol. The summed E-state index contributed by atoms with van der Waals surface area (Å²) in [6.45, 7) is 5.01. The van der Waals surface area contributed by atoms with Crippen LogP contribution in [-0.4, -0.2) is 30.4 Å². The number of nitrogens with one attached hydrogen (secondary N) is 1. The Morgan fingerprint density at radius 3 is 2.76 bits per heavy atom. The van der Waals surface area contributed by atoms with Crippen LogP contribution in [0.15, 0.2) is 36.7 Å². The quantitative estimate of drug-likeness (QED) is 0.485. The van der Waals surface area contributed by atoms with Crippen molar-refractivity contribution in [3.8, 4) is 0 Å². The van der Waals surface area contributed by atoms with E-state index in [0.717, 1.165) is 6.20 Å². The van der Waals surface area contributed by atoms with E-state index in [1.165, 1.54) is 27.7 Å². The van der Waals surface area contributed by atoms with E-state index in [4.69, 9.17) is 11.6 Å². The van der Waals surface area contributed by atoms with E-state index >= 15 is 0 Å². The van der Waals surface area contributed by atoms with Gasteiger partial charge in [-0.15, -0.1) is 0 Å². The SMILES string of the molecule is Cc1cc(NC(=O)C(C)(C)n2cc([N+](=O)[O-])cn2)nn1Cc1c(F)cccc1Cl. The number of amides is 1. The Morgan fingerprint density at radius 2 is 2.14 bits per heavy atom. The van der Waals surface area contributed by atoms with Crippen molar-refractivity contribution in [3.63, 3.8) is 0 Å². The van der Waals surface area contributed by atoms with Crippen LogP contribution in [-0.2, 0) is 16.9 Å². The van der Waals surface area contributed by atoms with Gasteiger partial charge in [-0.25, -0.2) is 4.39 Å². The molecule has 1 amide bonds. The van der Waals surface area contributed by atoms with Gasteiger partial charge in [-0.1, -0.05) is 17.7 Å². The molecule has 0 saturated heterocycles. The largest absolute Gasteiger partial charge is 0.307 e. The van der Waals surface area contributed by atoms with Gasteiger partial charge < -0.3 is 5.32 Å². The van der Waals surface area contributed by atoms with Gasteiger partial charge in [0.15, 0.2) is 5.82 Å². The van der Waals surface area contributed by atoms with Gasteiger partial charge in [0.2, 0.25) is 0 Å². The molecule has 2 aromatic heterocycles. The molecule has 29 heavy (non-hydrogen) atoms. The van der Waals surface area contributed by atoms with E-state index < -0.39 is 22.2 Å². The van der Waals surface area contributed by atoms with Gasteiger partial charge in [0.25, 0.3) is 5.91 Å². The van der Waals surface area contributed by atoms with Gasteiger partial charge in [-0.05, 0) is 32.9 Å². The van der Waals surface area contributed by atoms with Crippen LogP contribution < -0.4 is 5.32 Å². The van der Waals surface area contributed by atoms with E-state index in [2.05, 4.69) is 15.5 Å². The minimum absolute atomic E-state index is 0.0992. The third kappa shape index (κ3) is 4.11. The first kappa shape index (κ1) is 20.5. The first-order valence-corrected chi connectivity index (χ1v) is 8.95. The lowest BCUT2D eigenvalue weighted by Crippen LogP contribution is -2.40. The Balaban J connectivity index is 1.79. The minimum atomic E-state index is -1.21. The summed E-state index contributed by atoms with van der Waals surface area (Å²) < 4.78 is 16.8. The maximum atomic E-state index is 14.0. The first-order valence-electron chi connectivity index (χ1n) is 8.58. The Labute approximate surface area is 170 Å². The molecule has 0 aliphatic heterocycles. The number of anilines is 1. The van der Waals surface area contributed by atoms with E-state index in [-0.39, 0.29) is 23.1 Å². The van der Waals surface area contributed by atoms with Crippen molar-refractivity contribution >= 4 is 29.0 Å². The minimum Gasteiger partial charge on any atom is -0.307 e. The van der Waals surface area contributed by atoms with E-state index in [9.17, 15) is 19.3 Å². The van der Waals surface area contributed by atoms with Gasteiger partial charge in [-0.3, -0.25) is 24.3 Å². The third-order valence-corrected chi connectivity index (χ3v) is 4.85. The molecule has 0 atom stereocenters. The number of aromatic nitrogens is 4. The van der Waals surface area contributed by atoms with Crippen molar-refractivity contribution in [1.29, 1.82) is 0 Å². The number of carbonyl (C=O) groups excluding carboxylic acids is 1. The lowest BCUT2D eigenvalue weighted by molar-refractivity contribution is -0.385. The summed E-state index contributed by atoms with van der Waals surface area (Å²) in [5.41, 5.74) is -0.441. The highest BCUT2D eigenvalue weighted by Gasteiger charge is 2.32. The topological polar surface area (TPSA) is 108 Å². The number of hydrogen-bond donors (Lipinski definition) is 1. The van der Waals surface area contributed by atoms with E-state index in [0.29, 0.717) is 11.3 Å². The normalized spacial score (nSPS) is 11.5. The molecule has 0 bridgehead atoms. The van der Waals surface area contributed by atoms with Gasteiger partial charge in [0.05, 0.1) is 11.5 Å². The number of aryl methyl sites for hydroxylation is 1. The van der Waals surface area contributed by atoms with Crippen LogP contribution >= 0.6 is 11.6 Å². The molecule has 0 spiro atoms. The van der Waals surface area contributed by atoms with Crippen LogP contribution in [0.3, 0.4) is 0 Å². The number of rotatable bonds is 6. The number of benzene rings is 1. The van der Waals surface area contributed by atoms with Crippen LogP contribution in [0.25, 0.3) is 0 Å². The number of carbonyl (C=O) groups is 1. The highest BCUT2D eigenvalue weighted by molar-refractivity contribution is 6.31. The summed E-state index contributed by atoms with van der Waals surface area (Å²) >= 11 is 6.07. The van der Waals surface area contributed by atoms with Crippen molar-refractivity contribution in [2.45, 2.75) is 32.9 Å². The zero-order valence-electron chi connectivity index (χ0n) is 15.9. The van der Waals surface area contributed by atoms with Gasteiger partial charge >= 0.3 is 5.69 Å². The molecule has 3 aromatic rings. The summed E-state index contributed by atoms with van der Waals surface area (Å²) in [4.78, 5) is 23.0. The Morgan fingerprint density at radius 1 is 1.41 bits per heavy atom. The van der Waals surface area contributed by atoms with Crippen molar-refractivity contribution < 1.29 is 14.1 Å². The molecule has 0 radical (unpaired) electrons. The Kier molecular flexibility index (Phi) is 5.38. The summed E-state index contributed by atoms with van der Waals surface area (Å²) in [7, 11) is 0. The zero-order valence-corrected chi connectivity index (χ0v) is 16.6. The third-order valence-electron chi connectivity index (χ3n) is 4.50. The maximum absolute atomic E-state index is 14.0. The molecule has 0 aliphatic rings. The monoisotopic (exact) mass is 420 g/mol. The fourth-order valence-electron chi connectivity index (χ4n) is 2.65. The second-order valence-electron chi connectivity index (χ2n) is 6.94. The fourth-order valence-corrected chi connectivity index (χ4v) is 2.87. The van der Waals surface area contributed by atoms with Crippen LogP contribution in [0.2, 0.25) is 5.02 Å². The number of nitro groups is 1. The van der Waals surface area contributed by atoms with Crippen LogP contribution in [0.5, 0.6) is 0 Å². The average molecular weight is 421 g/mol. The molecule has 1 aromatic carbocycles. The predicted molar refractivity (Wildman–Crippen MR) is 104 cm³/mol. The van der Waals surface area contributed by atoms with Gasteiger partial charge in [0.1, 0.15) is 23.7 Å². The van der Waals surface area contributed by atoms with E-state index in [1.807, 2.05) is 0 Å². The molecule has 0 aliphatic carbocycles. The number of nitrogens with zero attached hydrogens (tertiary/aromatic N) is 5. The zero-order chi connectivity index (χ0) is 21.3. The van der Waals surface area contributed by atoms with Crippen LogP contribution in [0.1, 0.15) is 25.1 Å². The van der Waals surface area contributed by atoms with Crippen molar-refractivity contribution in [1.82, 2.24) is 19.6 Å². The Bertz CT molecular complexity index is 1070. The van der Waals surface area contributed by atoms with Crippen molar-refractivity contribution in [2.24, 2.45) is 0 Å². The average Bonchev–Trinajstić information content (AvgIpc) is 3.26. The lowest BCUT2D eigenvalue weighted by atomic mass is 10.1. The second-order valence-corrected chi connectivity index (χ2v) is 7.35. The summed E-state index contributed by atoms with van der Waals surface area (Å²) in [5, 5.41) is 22.0. The number of hydrogen-bond acceptors (Lipinski definition) is 5. The standard InChI is InChI=1S/C18H18ClFN6O3/c1-11-7-16(23-24(11)10-13-14(19)5-4-6-15(13)20)22-17(27)18(2,3)25-9-12(8-21-25)26(28)29/h4-9H,10H2,1-3H3,(H,22,23,27). The molecule has 0 saturated carbocycles. The molecular formula is C18H18ClFN6O3. The molecule has 1 N–H and O–H groups in total. The molecule has 9 nitrogen and oxygen atoms in total. The maximum Gasteiger partial charge on any atom is 0.307 e. The summed E-state index contributed by atoms with van der Waals surface area (Å²) in [6.07, 6.45) is 2.26. The first-order chi connectivity index (χ1) is 13.6. The molecule has 0 unspecified atom stereocenters. The van der Waals surface area contributed by atoms with Crippen LogP contribution in [0.4, 0.5) is 15.9 Å².